The largest absolute Gasteiger partial charge is 0.496 e. The van der Waals surface area contributed by atoms with Gasteiger partial charge < -0.3 is 25.1 Å². The van der Waals surface area contributed by atoms with Gasteiger partial charge in [0.15, 0.2) is 0 Å². The fourth-order valence-electron chi connectivity index (χ4n) is 5.88. The van der Waals surface area contributed by atoms with Crippen LogP contribution < -0.4 is 20.1 Å². The number of carbonyl (C=O) groups is 4. The van der Waals surface area contributed by atoms with Crippen LogP contribution in [0.15, 0.2) is 24.3 Å². The maximum absolute atomic E-state index is 13.4. The Labute approximate surface area is 239 Å². The van der Waals surface area contributed by atoms with Crippen LogP contribution in [-0.4, -0.2) is 59.7 Å². The molecule has 218 valence electrons. The van der Waals surface area contributed by atoms with Gasteiger partial charge in [-0.15, -0.1) is 0 Å². The van der Waals surface area contributed by atoms with Crippen molar-refractivity contribution in [2.45, 2.75) is 82.0 Å². The van der Waals surface area contributed by atoms with Crippen molar-refractivity contribution in [3.05, 3.63) is 30.0 Å². The molecule has 2 unspecified atom stereocenters. The average Bonchev–Trinajstić information content (AvgIpc) is 3.50. The highest BCUT2D eigenvalue weighted by molar-refractivity contribution is 7.99. The summed E-state index contributed by atoms with van der Waals surface area (Å²) < 4.78 is 13.1. The monoisotopic (exact) mass is 572 g/mol. The number of rotatable bonds is 11. The van der Waals surface area contributed by atoms with Crippen LogP contribution in [0.3, 0.4) is 0 Å². The molecule has 2 aliphatic rings. The van der Waals surface area contributed by atoms with Crippen LogP contribution >= 0.6 is 11.9 Å². The van der Waals surface area contributed by atoms with Gasteiger partial charge in [0.2, 0.25) is 11.8 Å². The van der Waals surface area contributed by atoms with E-state index in [-0.39, 0.29) is 35.6 Å². The second-order valence-corrected chi connectivity index (χ2v) is 12.3. The predicted molar refractivity (Wildman–Crippen MR) is 154 cm³/mol. The van der Waals surface area contributed by atoms with Crippen LogP contribution in [0.4, 0.5) is 0 Å². The summed E-state index contributed by atoms with van der Waals surface area (Å²) in [6.07, 6.45) is 6.52. The Hall–Kier alpha value is -3.21. The van der Waals surface area contributed by atoms with Crippen LogP contribution in [0.25, 0.3) is 10.9 Å². The normalized spacial score (nSPS) is 19.7. The Bertz CT molecular complexity index is 1240. The average molecular weight is 573 g/mol. The number of aromatic nitrogens is 1. The Morgan fingerprint density at radius 1 is 1.15 bits per heavy atom. The molecule has 10 nitrogen and oxygen atoms in total. The molecule has 1 aromatic heterocycles. The van der Waals surface area contributed by atoms with Gasteiger partial charge in [-0.2, -0.15) is 0 Å². The number of aromatic amines is 1. The lowest BCUT2D eigenvalue weighted by molar-refractivity contribution is -0.145. The zero-order valence-corrected chi connectivity index (χ0v) is 24.4. The number of hydrogen-bond donors (Lipinski definition) is 4. The van der Waals surface area contributed by atoms with E-state index in [2.05, 4.69) is 20.3 Å². The zero-order valence-electron chi connectivity index (χ0n) is 23.6. The highest BCUT2D eigenvalue weighted by Crippen LogP contribution is 2.39. The van der Waals surface area contributed by atoms with Gasteiger partial charge in [-0.25, -0.2) is 4.79 Å². The summed E-state index contributed by atoms with van der Waals surface area (Å²) in [6.45, 7) is 3.97. The van der Waals surface area contributed by atoms with Crippen LogP contribution in [0.1, 0.15) is 75.7 Å². The molecule has 4 rings (SSSR count). The summed E-state index contributed by atoms with van der Waals surface area (Å²) >= 11 is 1.01. The number of ether oxygens (including phenoxy) is 2. The van der Waals surface area contributed by atoms with Crippen molar-refractivity contribution in [1.29, 1.82) is 0 Å². The topological polar surface area (TPSA) is 139 Å². The third-order valence-corrected chi connectivity index (χ3v) is 8.88. The minimum atomic E-state index is -0.959. The van der Waals surface area contributed by atoms with Crippen molar-refractivity contribution in [2.24, 2.45) is 11.8 Å². The second-order valence-electron chi connectivity index (χ2n) is 11.3. The van der Waals surface area contributed by atoms with Gasteiger partial charge in [0.1, 0.15) is 22.7 Å². The molecule has 0 radical (unpaired) electrons. The molecule has 11 heteroatoms. The molecule has 2 heterocycles. The van der Waals surface area contributed by atoms with E-state index in [1.165, 1.54) is 13.5 Å². The number of H-pyrrole nitrogens is 1. The highest BCUT2D eigenvalue weighted by Gasteiger charge is 2.46. The summed E-state index contributed by atoms with van der Waals surface area (Å²) in [5.74, 6) is -1.00. The van der Waals surface area contributed by atoms with Crippen LogP contribution in [0, 0.1) is 11.8 Å². The van der Waals surface area contributed by atoms with Gasteiger partial charge in [0, 0.05) is 22.4 Å². The van der Waals surface area contributed by atoms with E-state index in [0.717, 1.165) is 48.5 Å². The highest BCUT2D eigenvalue weighted by atomic mass is 32.2. The molecule has 1 spiro atoms. The van der Waals surface area contributed by atoms with Crippen LogP contribution in [0.5, 0.6) is 5.75 Å². The third-order valence-electron chi connectivity index (χ3n) is 7.89. The molecule has 1 aliphatic heterocycles. The number of methoxy groups -OCH3 is 2. The molecule has 1 aromatic carbocycles. The third kappa shape index (κ3) is 6.92. The number of fused-ring (bicyclic) bond motifs is 1. The number of nitrogens with one attached hydrogen (secondary N) is 4. The molecule has 2 aromatic rings. The van der Waals surface area contributed by atoms with Gasteiger partial charge in [-0.05, 0) is 68.2 Å². The van der Waals surface area contributed by atoms with Gasteiger partial charge >= 0.3 is 5.97 Å². The lowest BCUT2D eigenvalue weighted by atomic mass is 9.78. The van der Waals surface area contributed by atoms with Crippen LogP contribution in [-0.2, 0) is 19.1 Å². The van der Waals surface area contributed by atoms with Gasteiger partial charge in [-0.1, -0.05) is 39.2 Å². The van der Waals surface area contributed by atoms with Gasteiger partial charge in [0.05, 0.1) is 14.2 Å². The lowest BCUT2D eigenvalue weighted by Crippen LogP contribution is -2.47. The summed E-state index contributed by atoms with van der Waals surface area (Å²) in [4.78, 5) is 55.0. The molecule has 0 bridgehead atoms. The fraction of sp³-hybridized carbons (Fsp3) is 0.586. The molecule has 1 aliphatic carbocycles. The number of amides is 3. The SMILES string of the molecule is COC(=O)C(CC1CC2(CCCCC2)NC1=O)NC(=O)[C@H](CC(C)C)SNC(=O)c1cc2c(OC)cccc2[nH]1. The van der Waals surface area contributed by atoms with E-state index in [1.54, 1.807) is 13.2 Å². The Kier molecular flexibility index (Phi) is 9.65. The minimum Gasteiger partial charge on any atom is -0.496 e. The first-order valence-corrected chi connectivity index (χ1v) is 14.8. The predicted octanol–water partition coefficient (Wildman–Crippen LogP) is 3.86. The molecular weight excluding hydrogens is 532 g/mol. The Morgan fingerprint density at radius 3 is 2.58 bits per heavy atom. The van der Waals surface area contributed by atoms with E-state index >= 15 is 0 Å². The maximum Gasteiger partial charge on any atom is 0.328 e. The molecular formula is C29H40N4O6S. The summed E-state index contributed by atoms with van der Waals surface area (Å²) in [5.41, 5.74) is 0.905. The first kappa shape index (κ1) is 29.8. The zero-order chi connectivity index (χ0) is 28.9. The van der Waals surface area contributed by atoms with Crippen molar-refractivity contribution >= 4 is 46.5 Å². The molecule has 4 N–H and O–H groups in total. The van der Waals surface area contributed by atoms with E-state index < -0.39 is 23.2 Å². The van der Waals surface area contributed by atoms with E-state index in [9.17, 15) is 19.2 Å². The standard InChI is InChI=1S/C29H40N4O6S/c1-17(2)13-24(40-33-26(35)21-15-19-20(30-21)9-8-10-23(19)38-3)27(36)31-22(28(37)39-4)14-18-16-29(32-25(18)34)11-6-5-7-12-29/h8-10,15,17-18,22,24,30H,5-7,11-14,16H2,1-4H3,(H,31,36)(H,32,34)(H,33,35)/t18?,22?,24-/m0/s1. The fourth-order valence-corrected chi connectivity index (χ4v) is 6.89. The lowest BCUT2D eigenvalue weighted by Gasteiger charge is -2.33. The summed E-state index contributed by atoms with van der Waals surface area (Å²) in [5, 5.41) is 6.13. The second kappa shape index (κ2) is 13.0. The molecule has 2 fully saturated rings. The number of hydrogen-bond acceptors (Lipinski definition) is 7. The number of esters is 1. The summed E-state index contributed by atoms with van der Waals surface area (Å²) in [7, 11) is 2.84. The first-order chi connectivity index (χ1) is 19.1. The van der Waals surface area contributed by atoms with Crippen LogP contribution in [0.2, 0.25) is 0 Å². The van der Waals surface area contributed by atoms with Crippen molar-refractivity contribution in [3.63, 3.8) is 0 Å². The van der Waals surface area contributed by atoms with Gasteiger partial charge in [-0.3, -0.25) is 19.1 Å². The van der Waals surface area contributed by atoms with Gasteiger partial charge in [0.25, 0.3) is 5.91 Å². The van der Waals surface area contributed by atoms with E-state index in [0.29, 0.717) is 24.3 Å². The molecule has 3 amide bonds. The van der Waals surface area contributed by atoms with E-state index in [4.69, 9.17) is 9.47 Å². The molecule has 3 atom stereocenters. The Balaban J connectivity index is 1.41. The summed E-state index contributed by atoms with van der Waals surface area (Å²) in [6, 6.07) is 6.25. The molecule has 1 saturated heterocycles. The van der Waals surface area contributed by atoms with Crippen molar-refractivity contribution in [3.8, 4) is 5.75 Å². The van der Waals surface area contributed by atoms with Crippen molar-refractivity contribution < 1.29 is 28.7 Å². The van der Waals surface area contributed by atoms with Crippen molar-refractivity contribution in [1.82, 2.24) is 20.3 Å². The first-order valence-electron chi connectivity index (χ1n) is 14.0. The van der Waals surface area contributed by atoms with E-state index in [1.807, 2.05) is 32.0 Å². The number of benzene rings is 1. The Morgan fingerprint density at radius 2 is 1.90 bits per heavy atom. The quantitative estimate of drug-likeness (QED) is 0.237. The smallest absolute Gasteiger partial charge is 0.328 e. The molecule has 40 heavy (non-hydrogen) atoms. The van der Waals surface area contributed by atoms with Crippen molar-refractivity contribution in [2.75, 3.05) is 14.2 Å². The maximum atomic E-state index is 13.4. The minimum absolute atomic E-state index is 0.0691. The number of carbonyl (C=O) groups excluding carboxylic acids is 4. The molecule has 1 saturated carbocycles.